The summed E-state index contributed by atoms with van der Waals surface area (Å²) in [4.78, 5) is 34.4. The number of carboxylic acid groups (broad SMARTS) is 1. The summed E-state index contributed by atoms with van der Waals surface area (Å²) in [7, 11) is 0. The van der Waals surface area contributed by atoms with Crippen molar-refractivity contribution in [3.63, 3.8) is 0 Å². The molecule has 9 nitrogen and oxygen atoms in total. The molecule has 0 saturated carbocycles. The molecule has 2 N–H and O–H groups in total. The van der Waals surface area contributed by atoms with Crippen molar-refractivity contribution in [2.45, 2.75) is 6.92 Å². The number of non-ortho nitro benzene ring substituents is 1. The van der Waals surface area contributed by atoms with E-state index in [1.54, 1.807) is 5.01 Å². The molecule has 0 radical (unpaired) electrons. The predicted octanol–water partition coefficient (Wildman–Crippen LogP) is 1.63. The zero-order valence-electron chi connectivity index (χ0n) is 13.3. The van der Waals surface area contributed by atoms with Crippen LogP contribution >= 0.6 is 11.6 Å². The molecule has 1 aromatic rings. The normalized spacial score (nSPS) is 16.1. The van der Waals surface area contributed by atoms with Crippen molar-refractivity contribution in [1.29, 1.82) is 0 Å². The lowest BCUT2D eigenvalue weighted by Crippen LogP contribution is -2.45. The van der Waals surface area contributed by atoms with E-state index in [0.29, 0.717) is 26.3 Å². The van der Waals surface area contributed by atoms with Gasteiger partial charge < -0.3 is 15.3 Å². The molecule has 0 bridgehead atoms. The summed E-state index contributed by atoms with van der Waals surface area (Å²) in [5, 5.41) is 22.0. The first-order chi connectivity index (χ1) is 11.8. The number of ether oxygens (including phenoxy) is 1. The average Bonchev–Trinajstić information content (AvgIpc) is 2.55. The molecule has 0 atom stereocenters. The van der Waals surface area contributed by atoms with E-state index in [0.717, 1.165) is 12.1 Å². The number of halogens is 1. The Morgan fingerprint density at radius 3 is 2.56 bits per heavy atom. The van der Waals surface area contributed by atoms with E-state index in [2.05, 4.69) is 5.43 Å². The van der Waals surface area contributed by atoms with Gasteiger partial charge in [0, 0.05) is 36.5 Å². The van der Waals surface area contributed by atoms with Crippen LogP contribution in [0.3, 0.4) is 0 Å². The van der Waals surface area contributed by atoms with Crippen LogP contribution in [0.5, 0.6) is 0 Å². The van der Waals surface area contributed by atoms with Gasteiger partial charge in [-0.3, -0.25) is 14.9 Å². The fourth-order valence-electron chi connectivity index (χ4n) is 2.33. The molecule has 10 heteroatoms. The van der Waals surface area contributed by atoms with Gasteiger partial charge in [-0.05, 0) is 13.0 Å². The summed E-state index contributed by atoms with van der Waals surface area (Å²) in [6.07, 6.45) is 0. The van der Waals surface area contributed by atoms with Crippen molar-refractivity contribution >= 4 is 29.0 Å². The summed E-state index contributed by atoms with van der Waals surface area (Å²) in [6, 6.07) is 3.30. The van der Waals surface area contributed by atoms with Crippen molar-refractivity contribution in [3.8, 4) is 0 Å². The van der Waals surface area contributed by atoms with Gasteiger partial charge in [0.25, 0.3) is 5.69 Å². The standard InChI is InChI=1S/C15H16ClN3O6/c1-9(17-18-4-6-25-7-5-18)13(15(21)22)14(20)11-8-10(19(23)24)2-3-12(11)16/h2-3,8,17H,4-7H2,1H3,(H,21,22)/b13-9-. The second kappa shape index (κ2) is 8.06. The molecule has 1 fully saturated rings. The van der Waals surface area contributed by atoms with Gasteiger partial charge in [-0.1, -0.05) is 11.6 Å². The summed E-state index contributed by atoms with van der Waals surface area (Å²) in [5.41, 5.74) is 1.85. The number of nitrogens with one attached hydrogen (secondary N) is 1. The first kappa shape index (κ1) is 18.8. The highest BCUT2D eigenvalue weighted by molar-refractivity contribution is 6.37. The average molecular weight is 370 g/mol. The Labute approximate surface area is 147 Å². The smallest absolute Gasteiger partial charge is 0.341 e. The van der Waals surface area contributed by atoms with Gasteiger partial charge in [0.15, 0.2) is 0 Å². The zero-order valence-corrected chi connectivity index (χ0v) is 14.1. The number of carboxylic acids is 1. The Balaban J connectivity index is 2.37. The number of carbonyl (C=O) groups excluding carboxylic acids is 1. The van der Waals surface area contributed by atoms with Crippen molar-refractivity contribution < 1.29 is 24.4 Å². The van der Waals surface area contributed by atoms with Gasteiger partial charge in [-0.15, -0.1) is 0 Å². The molecule has 25 heavy (non-hydrogen) atoms. The number of hydrogen-bond donors (Lipinski definition) is 2. The van der Waals surface area contributed by atoms with Gasteiger partial charge in [0.1, 0.15) is 5.57 Å². The molecule has 1 aromatic carbocycles. The molecule has 0 amide bonds. The fraction of sp³-hybridized carbons (Fsp3) is 0.333. The number of nitrogens with zero attached hydrogens (tertiary/aromatic N) is 2. The third kappa shape index (κ3) is 4.53. The van der Waals surface area contributed by atoms with E-state index >= 15 is 0 Å². The Morgan fingerprint density at radius 1 is 1.36 bits per heavy atom. The van der Waals surface area contributed by atoms with E-state index in [1.807, 2.05) is 0 Å². The highest BCUT2D eigenvalue weighted by Gasteiger charge is 2.26. The maximum absolute atomic E-state index is 12.6. The lowest BCUT2D eigenvalue weighted by molar-refractivity contribution is -0.384. The Bertz CT molecular complexity index is 743. The predicted molar refractivity (Wildman–Crippen MR) is 88.3 cm³/mol. The number of nitro benzene ring substituents is 1. The second-order valence-electron chi connectivity index (χ2n) is 5.27. The van der Waals surface area contributed by atoms with E-state index in [9.17, 15) is 24.8 Å². The minimum absolute atomic E-state index is 0.0616. The second-order valence-corrected chi connectivity index (χ2v) is 5.67. The van der Waals surface area contributed by atoms with Crippen LogP contribution in [-0.2, 0) is 9.53 Å². The third-order valence-electron chi connectivity index (χ3n) is 3.56. The maximum atomic E-state index is 12.6. The number of morpholine rings is 1. The summed E-state index contributed by atoms with van der Waals surface area (Å²) >= 11 is 5.93. The van der Waals surface area contributed by atoms with Crippen LogP contribution in [-0.4, -0.2) is 53.1 Å². The quantitative estimate of drug-likeness (QED) is 0.194. The van der Waals surface area contributed by atoms with Crippen LogP contribution in [0.15, 0.2) is 29.5 Å². The van der Waals surface area contributed by atoms with E-state index in [-0.39, 0.29) is 22.0 Å². The number of allylic oxidation sites excluding steroid dienone is 1. The van der Waals surface area contributed by atoms with Gasteiger partial charge in [0.05, 0.1) is 23.2 Å². The van der Waals surface area contributed by atoms with E-state index < -0.39 is 22.2 Å². The largest absolute Gasteiger partial charge is 0.477 e. The summed E-state index contributed by atoms with van der Waals surface area (Å²) in [5.74, 6) is -2.36. The first-order valence-electron chi connectivity index (χ1n) is 7.33. The monoisotopic (exact) mass is 369 g/mol. The number of aliphatic carboxylic acids is 1. The molecule has 0 aliphatic carbocycles. The minimum atomic E-state index is -1.45. The zero-order chi connectivity index (χ0) is 18.6. The Hall–Kier alpha value is -2.49. The third-order valence-corrected chi connectivity index (χ3v) is 3.89. The number of rotatable bonds is 6. The summed E-state index contributed by atoms with van der Waals surface area (Å²) < 4.78 is 5.20. The lowest BCUT2D eigenvalue weighted by atomic mass is 10.0. The highest BCUT2D eigenvalue weighted by atomic mass is 35.5. The van der Waals surface area contributed by atoms with E-state index in [1.165, 1.54) is 13.0 Å². The number of hydrazine groups is 1. The van der Waals surface area contributed by atoms with Gasteiger partial charge >= 0.3 is 5.97 Å². The molecule has 1 saturated heterocycles. The van der Waals surface area contributed by atoms with Crippen molar-refractivity contribution in [3.05, 3.63) is 50.2 Å². The SMILES string of the molecule is C/C(NN1CCOCC1)=C(/C(=O)O)C(=O)c1cc([N+](=O)[O-])ccc1Cl. The molecular weight excluding hydrogens is 354 g/mol. The van der Waals surface area contributed by atoms with Gasteiger partial charge in [-0.25, -0.2) is 9.80 Å². The Kier molecular flexibility index (Phi) is 6.07. The molecule has 1 aliphatic heterocycles. The van der Waals surface area contributed by atoms with Crippen LogP contribution in [0.2, 0.25) is 5.02 Å². The van der Waals surface area contributed by atoms with Crippen molar-refractivity contribution in [2.75, 3.05) is 26.3 Å². The summed E-state index contributed by atoms with van der Waals surface area (Å²) in [6.45, 7) is 3.45. The van der Waals surface area contributed by atoms with Crippen LogP contribution in [0.25, 0.3) is 0 Å². The Morgan fingerprint density at radius 2 is 2.00 bits per heavy atom. The first-order valence-corrected chi connectivity index (χ1v) is 7.71. The molecule has 0 aromatic heterocycles. The van der Waals surface area contributed by atoms with Crippen molar-refractivity contribution in [2.24, 2.45) is 0 Å². The lowest BCUT2D eigenvalue weighted by Gasteiger charge is -2.28. The van der Waals surface area contributed by atoms with E-state index in [4.69, 9.17) is 16.3 Å². The molecule has 1 heterocycles. The molecule has 0 unspecified atom stereocenters. The van der Waals surface area contributed by atoms with Crippen LogP contribution in [0.1, 0.15) is 17.3 Å². The number of nitro groups is 1. The number of benzene rings is 1. The molecule has 0 spiro atoms. The number of ketones is 1. The highest BCUT2D eigenvalue weighted by Crippen LogP contribution is 2.25. The van der Waals surface area contributed by atoms with Gasteiger partial charge in [0.2, 0.25) is 5.78 Å². The minimum Gasteiger partial charge on any atom is -0.477 e. The van der Waals surface area contributed by atoms with Gasteiger partial charge in [-0.2, -0.15) is 0 Å². The number of Topliss-reactive ketones (excluding diaryl/α,β-unsaturated/α-hetero) is 1. The molecule has 1 aliphatic rings. The van der Waals surface area contributed by atoms with Crippen molar-refractivity contribution in [1.82, 2.24) is 10.4 Å². The van der Waals surface area contributed by atoms with Crippen LogP contribution in [0, 0.1) is 10.1 Å². The molecule has 2 rings (SSSR count). The van der Waals surface area contributed by atoms with Crippen LogP contribution in [0.4, 0.5) is 5.69 Å². The molecular formula is C15H16ClN3O6. The number of carbonyl (C=O) groups is 2. The fourth-order valence-corrected chi connectivity index (χ4v) is 2.53. The maximum Gasteiger partial charge on any atom is 0.341 e. The van der Waals surface area contributed by atoms with Crippen LogP contribution < -0.4 is 5.43 Å². The number of hydrogen-bond acceptors (Lipinski definition) is 7. The topological polar surface area (TPSA) is 122 Å². The molecule has 134 valence electrons.